The number of nitrogens with zero attached hydrogens (tertiary/aromatic N) is 1. The third kappa shape index (κ3) is 3.31. The average molecular weight is 454 g/mol. The van der Waals surface area contributed by atoms with Crippen LogP contribution < -0.4 is 5.32 Å². The molecule has 3 atom stereocenters. The van der Waals surface area contributed by atoms with Gasteiger partial charge in [-0.3, -0.25) is 9.59 Å². The molecule has 1 aliphatic heterocycles. The summed E-state index contributed by atoms with van der Waals surface area (Å²) in [5.74, 6) is -4.44. The summed E-state index contributed by atoms with van der Waals surface area (Å²) in [7, 11) is 0. The minimum Gasteiger partial charge on any atom is -0.464 e. The Morgan fingerprint density at radius 2 is 1.82 bits per heavy atom. The number of piperidine rings is 1. The summed E-state index contributed by atoms with van der Waals surface area (Å²) in [4.78, 5) is 39.5. The number of hydrogen-bond acceptors (Lipinski definition) is 4. The van der Waals surface area contributed by atoms with Gasteiger partial charge in [-0.1, -0.05) is 37.3 Å². The molecule has 8 heteroatoms. The van der Waals surface area contributed by atoms with E-state index in [0.29, 0.717) is 17.5 Å². The second-order valence-corrected chi connectivity index (χ2v) is 9.21. The molecule has 2 amide bonds. The Morgan fingerprint density at radius 1 is 1.09 bits per heavy atom. The number of carbonyl (C=O) groups excluding carboxylic acids is 3. The van der Waals surface area contributed by atoms with Crippen molar-refractivity contribution < 1.29 is 27.9 Å². The molecular formula is C25H24F2N2O4. The van der Waals surface area contributed by atoms with Crippen LogP contribution >= 0.6 is 0 Å². The number of nitrogens with one attached hydrogen (secondary N) is 1. The highest BCUT2D eigenvalue weighted by molar-refractivity contribution is 5.99. The van der Waals surface area contributed by atoms with E-state index in [1.54, 1.807) is 25.1 Å². The van der Waals surface area contributed by atoms with Crippen molar-refractivity contribution in [2.75, 3.05) is 13.2 Å². The van der Waals surface area contributed by atoms with Gasteiger partial charge in [0.2, 0.25) is 5.91 Å². The maximum absolute atomic E-state index is 14.7. The molecule has 5 rings (SSSR count). The number of benzene rings is 2. The summed E-state index contributed by atoms with van der Waals surface area (Å²) < 4.78 is 34.6. The molecule has 3 aliphatic rings. The standard InChI is InChI=1S/C25H24F2N2O4/c1-3-33-23(32)19-11-24(2)12-20(24)29(19)21(30)13-28-22(31)14-8-9-18-16(10-14)15-6-4-5-7-17(15)25(18,26)27/h4-10,19-20H,3,11-13H2,1-2H3,(H,28,31)/t19-,20-,24+/m0/s1. The van der Waals surface area contributed by atoms with Crippen LogP contribution in [0.15, 0.2) is 42.5 Å². The number of carbonyl (C=O) groups is 3. The zero-order valence-electron chi connectivity index (χ0n) is 18.4. The second kappa shape index (κ2) is 7.37. The molecule has 0 unspecified atom stereocenters. The van der Waals surface area contributed by atoms with Crippen molar-refractivity contribution in [2.24, 2.45) is 5.41 Å². The Kier molecular flexibility index (Phi) is 4.81. The smallest absolute Gasteiger partial charge is 0.328 e. The van der Waals surface area contributed by atoms with Gasteiger partial charge in [-0.15, -0.1) is 0 Å². The first-order valence-corrected chi connectivity index (χ1v) is 11.1. The van der Waals surface area contributed by atoms with Gasteiger partial charge in [0.25, 0.3) is 11.8 Å². The number of halogens is 2. The Labute approximate surface area is 189 Å². The molecule has 1 heterocycles. The normalized spacial score (nSPS) is 25.6. The number of alkyl halides is 2. The molecule has 2 fully saturated rings. The van der Waals surface area contributed by atoms with E-state index in [4.69, 9.17) is 4.74 Å². The monoisotopic (exact) mass is 454 g/mol. The van der Waals surface area contributed by atoms with E-state index in [1.807, 2.05) is 6.92 Å². The molecule has 2 aromatic carbocycles. The largest absolute Gasteiger partial charge is 0.464 e. The van der Waals surface area contributed by atoms with Crippen molar-refractivity contribution in [1.82, 2.24) is 10.2 Å². The van der Waals surface area contributed by atoms with E-state index in [9.17, 15) is 23.2 Å². The third-order valence-electron chi connectivity index (χ3n) is 7.06. The lowest BCUT2D eigenvalue weighted by molar-refractivity contribution is -0.153. The fourth-order valence-corrected chi connectivity index (χ4v) is 5.24. The van der Waals surface area contributed by atoms with Crippen molar-refractivity contribution in [3.05, 3.63) is 59.2 Å². The molecule has 0 radical (unpaired) electrons. The van der Waals surface area contributed by atoms with Gasteiger partial charge < -0.3 is 15.0 Å². The van der Waals surface area contributed by atoms with E-state index in [0.717, 1.165) is 6.42 Å². The van der Waals surface area contributed by atoms with E-state index in [1.165, 1.54) is 29.2 Å². The summed E-state index contributed by atoms with van der Waals surface area (Å²) >= 11 is 0. The van der Waals surface area contributed by atoms with Gasteiger partial charge >= 0.3 is 5.97 Å². The summed E-state index contributed by atoms with van der Waals surface area (Å²) in [6.07, 6.45) is 1.37. The fourth-order valence-electron chi connectivity index (χ4n) is 5.24. The highest BCUT2D eigenvalue weighted by atomic mass is 19.3. The van der Waals surface area contributed by atoms with Crippen molar-refractivity contribution in [3.8, 4) is 11.1 Å². The van der Waals surface area contributed by atoms with Crippen LogP contribution in [-0.4, -0.2) is 47.9 Å². The highest BCUT2D eigenvalue weighted by Gasteiger charge is 2.64. The van der Waals surface area contributed by atoms with Crippen LogP contribution in [0.2, 0.25) is 0 Å². The van der Waals surface area contributed by atoms with Crippen LogP contribution in [0, 0.1) is 5.41 Å². The Balaban J connectivity index is 1.31. The maximum atomic E-state index is 14.7. The maximum Gasteiger partial charge on any atom is 0.328 e. The van der Waals surface area contributed by atoms with Gasteiger partial charge in [0, 0.05) is 22.7 Å². The van der Waals surface area contributed by atoms with Crippen molar-refractivity contribution >= 4 is 17.8 Å². The minimum absolute atomic E-state index is 0.0324. The quantitative estimate of drug-likeness (QED) is 0.702. The molecular weight excluding hydrogens is 430 g/mol. The zero-order valence-corrected chi connectivity index (χ0v) is 18.4. The topological polar surface area (TPSA) is 75.7 Å². The molecule has 2 aliphatic carbocycles. The van der Waals surface area contributed by atoms with Gasteiger partial charge in [0.1, 0.15) is 6.04 Å². The lowest BCUT2D eigenvalue weighted by atomic mass is 10.0. The fraction of sp³-hybridized carbons (Fsp3) is 0.400. The van der Waals surface area contributed by atoms with Crippen LogP contribution in [0.4, 0.5) is 8.78 Å². The SMILES string of the molecule is CCOC(=O)[C@@H]1C[C@]2(C)C[C@@H]2N1C(=O)CNC(=O)c1ccc2c(c1)-c1ccccc1C2(F)F. The summed E-state index contributed by atoms with van der Waals surface area (Å²) in [5, 5.41) is 2.58. The third-order valence-corrected chi connectivity index (χ3v) is 7.06. The van der Waals surface area contributed by atoms with Crippen LogP contribution in [-0.2, 0) is 20.2 Å². The number of likely N-dealkylation sites (tertiary alicyclic amines) is 1. The van der Waals surface area contributed by atoms with Crippen LogP contribution in [0.25, 0.3) is 11.1 Å². The summed E-state index contributed by atoms with van der Waals surface area (Å²) in [6, 6.07) is 9.59. The van der Waals surface area contributed by atoms with E-state index in [-0.39, 0.29) is 47.2 Å². The lowest BCUT2D eigenvalue weighted by Gasteiger charge is -2.26. The predicted molar refractivity (Wildman–Crippen MR) is 116 cm³/mol. The van der Waals surface area contributed by atoms with E-state index < -0.39 is 23.8 Å². The zero-order chi connectivity index (χ0) is 23.5. The molecule has 33 heavy (non-hydrogen) atoms. The van der Waals surface area contributed by atoms with Gasteiger partial charge in [0.15, 0.2) is 0 Å². The molecule has 1 saturated heterocycles. The van der Waals surface area contributed by atoms with Gasteiger partial charge in [0.05, 0.1) is 13.2 Å². The number of amides is 2. The Hall–Kier alpha value is -3.29. The Morgan fingerprint density at radius 3 is 2.58 bits per heavy atom. The predicted octanol–water partition coefficient (Wildman–Crippen LogP) is 3.48. The number of ether oxygens (including phenoxy) is 1. The first-order chi connectivity index (χ1) is 15.7. The average Bonchev–Trinajstić information content (AvgIpc) is 3.27. The number of fused-ring (bicyclic) bond motifs is 4. The molecule has 0 spiro atoms. The minimum atomic E-state index is -3.12. The van der Waals surface area contributed by atoms with Crippen LogP contribution in [0.1, 0.15) is 48.2 Å². The molecule has 6 nitrogen and oxygen atoms in total. The van der Waals surface area contributed by atoms with Crippen molar-refractivity contribution in [1.29, 1.82) is 0 Å². The van der Waals surface area contributed by atoms with Gasteiger partial charge in [-0.05, 0) is 48.4 Å². The van der Waals surface area contributed by atoms with Crippen molar-refractivity contribution in [3.63, 3.8) is 0 Å². The van der Waals surface area contributed by atoms with Crippen LogP contribution in [0.3, 0.4) is 0 Å². The molecule has 1 saturated carbocycles. The van der Waals surface area contributed by atoms with Gasteiger partial charge in [-0.25, -0.2) is 4.79 Å². The molecule has 1 N–H and O–H groups in total. The summed E-state index contributed by atoms with van der Waals surface area (Å²) in [5.41, 5.74) is 0.581. The molecule has 2 aromatic rings. The summed E-state index contributed by atoms with van der Waals surface area (Å²) in [6.45, 7) is 3.70. The van der Waals surface area contributed by atoms with E-state index >= 15 is 0 Å². The molecule has 0 aromatic heterocycles. The van der Waals surface area contributed by atoms with Crippen molar-refractivity contribution in [2.45, 2.75) is 44.7 Å². The van der Waals surface area contributed by atoms with E-state index in [2.05, 4.69) is 5.32 Å². The lowest BCUT2D eigenvalue weighted by Crippen LogP contribution is -2.48. The van der Waals surface area contributed by atoms with Gasteiger partial charge in [-0.2, -0.15) is 8.78 Å². The highest BCUT2D eigenvalue weighted by Crippen LogP contribution is 2.59. The van der Waals surface area contributed by atoms with Crippen LogP contribution in [0.5, 0.6) is 0 Å². The number of esters is 1. The second-order valence-electron chi connectivity index (χ2n) is 9.21. The molecule has 172 valence electrons. The Bertz CT molecular complexity index is 1180. The first-order valence-electron chi connectivity index (χ1n) is 11.1. The molecule has 0 bridgehead atoms. The number of rotatable bonds is 5. The first kappa shape index (κ1) is 21.6. The number of hydrogen-bond donors (Lipinski definition) is 1.